The third-order valence-electron chi connectivity index (χ3n) is 2.58. The van der Waals surface area contributed by atoms with Crippen LogP contribution in [0.1, 0.15) is 30.1 Å². The van der Waals surface area contributed by atoms with Crippen molar-refractivity contribution in [2.75, 3.05) is 23.7 Å². The van der Waals surface area contributed by atoms with Gasteiger partial charge in [0.15, 0.2) is 0 Å². The summed E-state index contributed by atoms with van der Waals surface area (Å²) in [6.07, 6.45) is 3.20. The Morgan fingerprint density at radius 2 is 2.05 bits per heavy atom. The predicted octanol–water partition coefficient (Wildman–Crippen LogP) is -0.145. The highest BCUT2D eigenvalue weighted by molar-refractivity contribution is 5.99. The number of anilines is 2. The van der Waals surface area contributed by atoms with Crippen molar-refractivity contribution in [3.63, 3.8) is 0 Å². The molecule has 6 N–H and O–H groups in total. The van der Waals surface area contributed by atoms with Crippen LogP contribution >= 0.6 is 0 Å². The molecule has 7 heteroatoms. The first-order valence-corrected chi connectivity index (χ1v) is 6.04. The lowest BCUT2D eigenvalue weighted by Crippen LogP contribution is -2.36. The minimum Gasteiger partial charge on any atom is -0.397 e. The summed E-state index contributed by atoms with van der Waals surface area (Å²) in [5.41, 5.74) is 16.6. The van der Waals surface area contributed by atoms with Crippen LogP contribution in [0.25, 0.3) is 0 Å². The van der Waals surface area contributed by atoms with Crippen LogP contribution in [0.3, 0.4) is 0 Å². The SMILES string of the molecule is CCCCN(CC(N)=O)c1ncc(N)cc1C(N)=O. The Balaban J connectivity index is 3.12. The highest BCUT2D eigenvalue weighted by Crippen LogP contribution is 2.20. The van der Waals surface area contributed by atoms with Crippen LogP contribution in [0.5, 0.6) is 0 Å². The number of rotatable bonds is 7. The van der Waals surface area contributed by atoms with Gasteiger partial charge in [-0.3, -0.25) is 9.59 Å². The molecule has 7 nitrogen and oxygen atoms in total. The van der Waals surface area contributed by atoms with Crippen LogP contribution in [0.4, 0.5) is 11.5 Å². The number of nitrogen functional groups attached to an aromatic ring is 1. The molecule has 1 heterocycles. The standard InChI is InChI=1S/C12H19N5O2/c1-2-3-4-17(7-10(14)18)12-9(11(15)19)5-8(13)6-16-12/h5-6H,2-4,7,13H2,1H3,(H2,14,18)(H2,15,19). The lowest BCUT2D eigenvalue weighted by Gasteiger charge is -2.23. The van der Waals surface area contributed by atoms with Gasteiger partial charge in [0.05, 0.1) is 24.0 Å². The highest BCUT2D eigenvalue weighted by Gasteiger charge is 2.18. The monoisotopic (exact) mass is 265 g/mol. The first-order valence-electron chi connectivity index (χ1n) is 6.04. The molecule has 19 heavy (non-hydrogen) atoms. The summed E-state index contributed by atoms with van der Waals surface area (Å²) in [5, 5.41) is 0. The van der Waals surface area contributed by atoms with Crippen molar-refractivity contribution < 1.29 is 9.59 Å². The lowest BCUT2D eigenvalue weighted by molar-refractivity contribution is -0.116. The average Bonchev–Trinajstić information content (AvgIpc) is 2.34. The predicted molar refractivity (Wildman–Crippen MR) is 73.5 cm³/mol. The Bertz CT molecular complexity index is 475. The minimum absolute atomic E-state index is 0.0167. The molecule has 0 aromatic carbocycles. The molecule has 1 aromatic heterocycles. The topological polar surface area (TPSA) is 128 Å². The van der Waals surface area contributed by atoms with E-state index in [0.717, 1.165) is 12.8 Å². The van der Waals surface area contributed by atoms with Crippen molar-refractivity contribution >= 4 is 23.3 Å². The normalized spacial score (nSPS) is 10.2. The van der Waals surface area contributed by atoms with E-state index in [2.05, 4.69) is 4.98 Å². The quantitative estimate of drug-likeness (QED) is 0.631. The zero-order valence-corrected chi connectivity index (χ0v) is 10.9. The molecule has 0 aliphatic carbocycles. The van der Waals surface area contributed by atoms with Gasteiger partial charge in [-0.05, 0) is 12.5 Å². The number of aromatic nitrogens is 1. The van der Waals surface area contributed by atoms with Gasteiger partial charge >= 0.3 is 0 Å². The summed E-state index contributed by atoms with van der Waals surface area (Å²) in [6, 6.07) is 1.45. The third kappa shape index (κ3) is 4.13. The molecule has 0 saturated carbocycles. The lowest BCUT2D eigenvalue weighted by atomic mass is 10.2. The average molecular weight is 265 g/mol. The third-order valence-corrected chi connectivity index (χ3v) is 2.58. The molecule has 0 unspecified atom stereocenters. The van der Waals surface area contributed by atoms with Gasteiger partial charge in [0.1, 0.15) is 5.82 Å². The van der Waals surface area contributed by atoms with E-state index < -0.39 is 11.8 Å². The maximum atomic E-state index is 11.4. The van der Waals surface area contributed by atoms with Gasteiger partial charge in [-0.15, -0.1) is 0 Å². The number of primary amides is 2. The molecule has 104 valence electrons. The van der Waals surface area contributed by atoms with Gasteiger partial charge in [-0.25, -0.2) is 4.98 Å². The fourth-order valence-electron chi connectivity index (χ4n) is 1.70. The molecule has 0 radical (unpaired) electrons. The number of carbonyl (C=O) groups excluding carboxylic acids is 2. The number of amides is 2. The molecule has 1 aromatic rings. The molecule has 0 saturated heterocycles. The van der Waals surface area contributed by atoms with Crippen LogP contribution in [0, 0.1) is 0 Å². The Kier molecular flexibility index (Phi) is 5.11. The summed E-state index contributed by atoms with van der Waals surface area (Å²) >= 11 is 0. The number of pyridine rings is 1. The van der Waals surface area contributed by atoms with Crippen LogP contribution in [0.15, 0.2) is 12.3 Å². The number of carbonyl (C=O) groups is 2. The second kappa shape index (κ2) is 6.58. The molecular formula is C12H19N5O2. The van der Waals surface area contributed by atoms with E-state index in [1.54, 1.807) is 4.90 Å². The van der Waals surface area contributed by atoms with E-state index >= 15 is 0 Å². The summed E-state index contributed by atoms with van der Waals surface area (Å²) in [6.45, 7) is 2.57. The van der Waals surface area contributed by atoms with Gasteiger partial charge in [0.2, 0.25) is 5.91 Å². The fraction of sp³-hybridized carbons (Fsp3) is 0.417. The van der Waals surface area contributed by atoms with E-state index in [-0.39, 0.29) is 12.1 Å². The second-order valence-electron chi connectivity index (χ2n) is 4.25. The molecule has 0 aliphatic heterocycles. The molecule has 1 rings (SSSR count). The largest absolute Gasteiger partial charge is 0.397 e. The van der Waals surface area contributed by atoms with Crippen molar-refractivity contribution in [2.24, 2.45) is 11.5 Å². The van der Waals surface area contributed by atoms with E-state index in [1.165, 1.54) is 12.3 Å². The van der Waals surface area contributed by atoms with Crippen molar-refractivity contribution in [3.05, 3.63) is 17.8 Å². The molecule has 0 bridgehead atoms. The fourth-order valence-corrected chi connectivity index (χ4v) is 1.70. The smallest absolute Gasteiger partial charge is 0.252 e. The Morgan fingerprint density at radius 1 is 1.37 bits per heavy atom. The Hall–Kier alpha value is -2.31. The van der Waals surface area contributed by atoms with Gasteiger partial charge in [0.25, 0.3) is 5.91 Å². The van der Waals surface area contributed by atoms with Crippen LogP contribution in [-0.4, -0.2) is 29.9 Å². The summed E-state index contributed by atoms with van der Waals surface area (Å²) in [4.78, 5) is 28.3. The van der Waals surface area contributed by atoms with Crippen LogP contribution in [-0.2, 0) is 4.79 Å². The second-order valence-corrected chi connectivity index (χ2v) is 4.25. The molecule has 0 aliphatic rings. The number of hydrogen-bond acceptors (Lipinski definition) is 5. The number of unbranched alkanes of at least 4 members (excludes halogenated alkanes) is 1. The maximum absolute atomic E-state index is 11.4. The number of hydrogen-bond donors (Lipinski definition) is 3. The van der Waals surface area contributed by atoms with Gasteiger partial charge in [-0.2, -0.15) is 0 Å². The summed E-state index contributed by atoms with van der Waals surface area (Å²) in [7, 11) is 0. The molecule has 0 atom stereocenters. The summed E-state index contributed by atoms with van der Waals surface area (Å²) in [5.74, 6) is -0.792. The van der Waals surface area contributed by atoms with Crippen molar-refractivity contribution in [1.82, 2.24) is 4.98 Å². The van der Waals surface area contributed by atoms with Gasteiger partial charge in [-0.1, -0.05) is 13.3 Å². The highest BCUT2D eigenvalue weighted by atomic mass is 16.1. The number of nitrogens with two attached hydrogens (primary N) is 3. The van der Waals surface area contributed by atoms with E-state index in [1.807, 2.05) is 6.92 Å². The van der Waals surface area contributed by atoms with Gasteiger partial charge < -0.3 is 22.1 Å². The van der Waals surface area contributed by atoms with Crippen LogP contribution < -0.4 is 22.1 Å². The first-order chi connectivity index (χ1) is 8.95. The minimum atomic E-state index is -0.638. The molecule has 0 fully saturated rings. The van der Waals surface area contributed by atoms with Crippen molar-refractivity contribution in [2.45, 2.75) is 19.8 Å². The van der Waals surface area contributed by atoms with E-state index in [4.69, 9.17) is 17.2 Å². The Labute approximate surface area is 111 Å². The number of nitrogens with zero attached hydrogens (tertiary/aromatic N) is 2. The van der Waals surface area contributed by atoms with Crippen LogP contribution in [0.2, 0.25) is 0 Å². The Morgan fingerprint density at radius 3 is 2.58 bits per heavy atom. The van der Waals surface area contributed by atoms with E-state index in [0.29, 0.717) is 18.1 Å². The van der Waals surface area contributed by atoms with Crippen molar-refractivity contribution in [1.29, 1.82) is 0 Å². The molecular weight excluding hydrogens is 246 g/mol. The summed E-state index contributed by atoms with van der Waals surface area (Å²) < 4.78 is 0. The molecule has 0 spiro atoms. The zero-order valence-electron chi connectivity index (χ0n) is 10.9. The zero-order chi connectivity index (χ0) is 14.4. The van der Waals surface area contributed by atoms with Crippen molar-refractivity contribution in [3.8, 4) is 0 Å². The first kappa shape index (κ1) is 14.7. The molecule has 2 amide bonds. The maximum Gasteiger partial charge on any atom is 0.252 e. The van der Waals surface area contributed by atoms with E-state index in [9.17, 15) is 9.59 Å². The van der Waals surface area contributed by atoms with Gasteiger partial charge in [0, 0.05) is 6.54 Å².